The molecule has 0 bridgehead atoms. The highest BCUT2D eigenvalue weighted by Gasteiger charge is 2.15. The SMILES string of the molecule is c1ccc(-c2ccc(-c3ccc(-c4ccc5c(c4)oc4cc(-c6nc(-c7ccccc7)nc(-c7ccccc7)n6)ccc45)cc3)cc2)cc1. The van der Waals surface area contributed by atoms with E-state index in [-0.39, 0.29) is 0 Å². The Labute approximate surface area is 284 Å². The molecule has 0 aliphatic heterocycles. The molecule has 4 heteroatoms. The van der Waals surface area contributed by atoms with E-state index in [4.69, 9.17) is 19.4 Å². The second-order valence-electron chi connectivity index (χ2n) is 12.1. The number of fused-ring (bicyclic) bond motifs is 3. The average molecular weight is 628 g/mol. The summed E-state index contributed by atoms with van der Waals surface area (Å²) in [5.41, 5.74) is 11.5. The zero-order valence-electron chi connectivity index (χ0n) is 26.5. The van der Waals surface area contributed by atoms with Crippen LogP contribution in [-0.2, 0) is 0 Å². The molecule has 2 heterocycles. The van der Waals surface area contributed by atoms with Gasteiger partial charge in [-0.2, -0.15) is 0 Å². The Morgan fingerprint density at radius 3 is 1.02 bits per heavy atom. The standard InChI is InChI=1S/C45H29N3O/c1-4-10-30(11-5-1)31-16-18-32(19-17-31)33-20-22-34(23-21-33)37-24-26-39-40-27-25-38(29-42(40)49-41(39)28-37)45-47-43(35-12-6-2-7-13-35)46-44(48-45)36-14-8-3-9-15-36/h1-29H. The van der Waals surface area contributed by atoms with Gasteiger partial charge in [-0.1, -0.05) is 152 Å². The van der Waals surface area contributed by atoms with E-state index in [1.54, 1.807) is 0 Å². The number of aromatic nitrogens is 3. The van der Waals surface area contributed by atoms with Crippen LogP contribution in [0.1, 0.15) is 0 Å². The van der Waals surface area contributed by atoms with E-state index < -0.39 is 0 Å². The zero-order chi connectivity index (χ0) is 32.6. The van der Waals surface area contributed by atoms with Gasteiger partial charge in [0.25, 0.3) is 0 Å². The van der Waals surface area contributed by atoms with Crippen molar-refractivity contribution in [3.63, 3.8) is 0 Å². The van der Waals surface area contributed by atoms with Gasteiger partial charge in [0.05, 0.1) is 0 Å². The molecule has 0 amide bonds. The number of hydrogen-bond acceptors (Lipinski definition) is 4. The average Bonchev–Trinajstić information content (AvgIpc) is 3.56. The monoisotopic (exact) mass is 627 g/mol. The molecular weight excluding hydrogens is 599 g/mol. The van der Waals surface area contributed by atoms with Crippen LogP contribution in [0.5, 0.6) is 0 Å². The van der Waals surface area contributed by atoms with Crippen LogP contribution in [-0.4, -0.2) is 15.0 Å². The smallest absolute Gasteiger partial charge is 0.164 e. The van der Waals surface area contributed by atoms with Crippen molar-refractivity contribution in [2.45, 2.75) is 0 Å². The van der Waals surface area contributed by atoms with Crippen LogP contribution in [0, 0.1) is 0 Å². The summed E-state index contributed by atoms with van der Waals surface area (Å²) >= 11 is 0. The number of rotatable bonds is 6. The van der Waals surface area contributed by atoms with Crippen molar-refractivity contribution in [1.29, 1.82) is 0 Å². The molecule has 2 aromatic heterocycles. The molecule has 0 saturated heterocycles. The highest BCUT2D eigenvalue weighted by molar-refractivity contribution is 6.06. The first kappa shape index (κ1) is 28.6. The van der Waals surface area contributed by atoms with Gasteiger partial charge in [-0.25, -0.2) is 15.0 Å². The zero-order valence-corrected chi connectivity index (χ0v) is 26.5. The molecule has 0 N–H and O–H groups in total. The van der Waals surface area contributed by atoms with Crippen molar-refractivity contribution in [2.24, 2.45) is 0 Å². The molecule has 0 spiro atoms. The topological polar surface area (TPSA) is 51.8 Å². The van der Waals surface area contributed by atoms with Gasteiger partial charge in [-0.3, -0.25) is 0 Å². The molecule has 0 fully saturated rings. The lowest BCUT2D eigenvalue weighted by Gasteiger charge is -2.08. The third-order valence-corrected chi connectivity index (χ3v) is 8.97. The molecule has 7 aromatic carbocycles. The summed E-state index contributed by atoms with van der Waals surface area (Å²) in [5, 5.41) is 2.13. The second kappa shape index (κ2) is 12.2. The first-order valence-corrected chi connectivity index (χ1v) is 16.4. The molecule has 0 radical (unpaired) electrons. The van der Waals surface area contributed by atoms with Crippen LogP contribution in [0.25, 0.3) is 89.5 Å². The lowest BCUT2D eigenvalue weighted by molar-refractivity contribution is 0.669. The van der Waals surface area contributed by atoms with E-state index in [0.717, 1.165) is 49.8 Å². The quantitative estimate of drug-likeness (QED) is 0.184. The van der Waals surface area contributed by atoms with Crippen molar-refractivity contribution in [3.05, 3.63) is 176 Å². The normalized spacial score (nSPS) is 11.3. The van der Waals surface area contributed by atoms with Crippen molar-refractivity contribution in [2.75, 3.05) is 0 Å². The third kappa shape index (κ3) is 5.56. The largest absolute Gasteiger partial charge is 0.456 e. The number of hydrogen-bond donors (Lipinski definition) is 0. The molecule has 0 saturated carbocycles. The Morgan fingerprint density at radius 2 is 0.571 bits per heavy atom. The maximum Gasteiger partial charge on any atom is 0.164 e. The number of benzene rings is 7. The maximum atomic E-state index is 6.48. The molecule has 0 atom stereocenters. The molecule has 0 unspecified atom stereocenters. The Morgan fingerprint density at radius 1 is 0.265 bits per heavy atom. The fraction of sp³-hybridized carbons (Fsp3) is 0. The van der Waals surface area contributed by atoms with E-state index in [1.807, 2.05) is 72.8 Å². The highest BCUT2D eigenvalue weighted by Crippen LogP contribution is 2.35. The van der Waals surface area contributed by atoms with E-state index in [1.165, 1.54) is 22.3 Å². The Hall–Kier alpha value is -6.65. The summed E-state index contributed by atoms with van der Waals surface area (Å²) in [6.45, 7) is 0. The second-order valence-corrected chi connectivity index (χ2v) is 12.1. The van der Waals surface area contributed by atoms with Crippen molar-refractivity contribution in [1.82, 2.24) is 15.0 Å². The summed E-state index contributed by atoms with van der Waals surface area (Å²) in [5.74, 6) is 1.87. The Balaban J connectivity index is 1.03. The van der Waals surface area contributed by atoms with E-state index in [0.29, 0.717) is 17.5 Å². The van der Waals surface area contributed by atoms with Gasteiger partial charge in [0.15, 0.2) is 17.5 Å². The summed E-state index contributed by atoms with van der Waals surface area (Å²) in [7, 11) is 0. The first-order valence-electron chi connectivity index (χ1n) is 16.4. The lowest BCUT2D eigenvalue weighted by Crippen LogP contribution is -2.00. The van der Waals surface area contributed by atoms with Gasteiger partial charge in [-0.15, -0.1) is 0 Å². The van der Waals surface area contributed by atoms with E-state index in [2.05, 4.69) is 103 Å². The Bertz CT molecular complexity index is 2500. The van der Waals surface area contributed by atoms with Crippen LogP contribution in [0.2, 0.25) is 0 Å². The van der Waals surface area contributed by atoms with Crippen LogP contribution in [0.15, 0.2) is 180 Å². The minimum atomic E-state index is 0.602. The predicted octanol–water partition coefficient (Wildman–Crippen LogP) is 11.8. The summed E-state index contributed by atoms with van der Waals surface area (Å²) < 4.78 is 6.48. The predicted molar refractivity (Wildman–Crippen MR) is 200 cm³/mol. The first-order chi connectivity index (χ1) is 24.2. The third-order valence-electron chi connectivity index (χ3n) is 8.97. The van der Waals surface area contributed by atoms with Crippen molar-refractivity contribution in [3.8, 4) is 67.5 Å². The summed E-state index contributed by atoms with van der Waals surface area (Å²) in [6, 6.07) is 60.6. The van der Waals surface area contributed by atoms with Crippen LogP contribution < -0.4 is 0 Å². The highest BCUT2D eigenvalue weighted by atomic mass is 16.3. The molecule has 0 aliphatic carbocycles. The molecule has 230 valence electrons. The lowest BCUT2D eigenvalue weighted by atomic mass is 9.97. The Kier molecular flexibility index (Phi) is 7.10. The number of furan rings is 1. The molecule has 9 rings (SSSR count). The van der Waals surface area contributed by atoms with Crippen molar-refractivity contribution < 1.29 is 4.42 Å². The minimum Gasteiger partial charge on any atom is -0.456 e. The van der Waals surface area contributed by atoms with Crippen LogP contribution in [0.4, 0.5) is 0 Å². The summed E-state index contributed by atoms with van der Waals surface area (Å²) in [4.78, 5) is 14.6. The molecule has 0 aliphatic rings. The fourth-order valence-electron chi connectivity index (χ4n) is 6.37. The van der Waals surface area contributed by atoms with Crippen LogP contribution in [0.3, 0.4) is 0 Å². The van der Waals surface area contributed by atoms with Gasteiger partial charge in [0.1, 0.15) is 11.2 Å². The summed E-state index contributed by atoms with van der Waals surface area (Å²) in [6.07, 6.45) is 0. The van der Waals surface area contributed by atoms with Crippen LogP contribution >= 0.6 is 0 Å². The van der Waals surface area contributed by atoms with Gasteiger partial charge < -0.3 is 4.42 Å². The van der Waals surface area contributed by atoms with Gasteiger partial charge in [-0.05, 0) is 57.6 Å². The van der Waals surface area contributed by atoms with E-state index >= 15 is 0 Å². The van der Waals surface area contributed by atoms with Gasteiger partial charge >= 0.3 is 0 Å². The van der Waals surface area contributed by atoms with Gasteiger partial charge in [0, 0.05) is 27.5 Å². The fourth-order valence-corrected chi connectivity index (χ4v) is 6.37. The number of nitrogens with zero attached hydrogens (tertiary/aromatic N) is 3. The van der Waals surface area contributed by atoms with Gasteiger partial charge in [0.2, 0.25) is 0 Å². The minimum absolute atomic E-state index is 0.602. The maximum absolute atomic E-state index is 6.48. The van der Waals surface area contributed by atoms with E-state index in [9.17, 15) is 0 Å². The molecular formula is C45H29N3O. The van der Waals surface area contributed by atoms with Crippen molar-refractivity contribution >= 4 is 21.9 Å². The molecule has 4 nitrogen and oxygen atoms in total. The molecule has 9 aromatic rings. The molecule has 49 heavy (non-hydrogen) atoms.